The molecule has 0 atom stereocenters. The van der Waals surface area contributed by atoms with Crippen molar-refractivity contribution < 1.29 is 18.6 Å². The lowest BCUT2D eigenvalue weighted by Crippen LogP contribution is -2.50. The third-order valence-electron chi connectivity index (χ3n) is 7.75. The lowest BCUT2D eigenvalue weighted by atomic mass is 9.35. The van der Waals surface area contributed by atoms with Gasteiger partial charge in [-0.25, -0.2) is 0 Å². The van der Waals surface area contributed by atoms with Gasteiger partial charge in [0, 0.05) is 11.6 Å². The first-order valence-electron chi connectivity index (χ1n) is 11.4. The topological polar surface area (TPSA) is 60.7 Å². The molecule has 168 valence electrons. The van der Waals surface area contributed by atoms with Gasteiger partial charge in [0.25, 0.3) is 0 Å². The van der Waals surface area contributed by atoms with E-state index in [2.05, 4.69) is 73.6 Å². The molecule has 0 spiro atoms. The second kappa shape index (κ2) is 8.23. The van der Waals surface area contributed by atoms with Gasteiger partial charge >= 0.3 is 14.2 Å². The van der Waals surface area contributed by atoms with E-state index in [1.54, 1.807) is 0 Å². The molecule has 0 saturated carbocycles. The SMILES string of the molecule is CC1(C)OB(C(CCCC#N)(Cc2ccccc2)B2OC(C)(C)C(C)(C)O2)OC1(C)C. The fourth-order valence-corrected chi connectivity index (χ4v) is 4.23. The molecule has 5 nitrogen and oxygen atoms in total. The Hall–Kier alpha value is -1.32. The molecule has 2 heterocycles. The molecule has 2 fully saturated rings. The van der Waals surface area contributed by atoms with Crippen LogP contribution in [0.4, 0.5) is 0 Å². The van der Waals surface area contributed by atoms with Gasteiger partial charge in [0.1, 0.15) is 0 Å². The normalized spacial score (nSPS) is 23.7. The van der Waals surface area contributed by atoms with Gasteiger partial charge < -0.3 is 18.6 Å². The molecule has 0 aliphatic carbocycles. The summed E-state index contributed by atoms with van der Waals surface area (Å²) >= 11 is 0. The predicted octanol–water partition coefficient (Wildman–Crippen LogP) is 5.39. The molecule has 2 aliphatic rings. The Labute approximate surface area is 189 Å². The van der Waals surface area contributed by atoms with Crippen LogP contribution in [0, 0.1) is 11.3 Å². The number of hydrogen-bond acceptors (Lipinski definition) is 5. The van der Waals surface area contributed by atoms with Crippen LogP contribution in [0.5, 0.6) is 0 Å². The summed E-state index contributed by atoms with van der Waals surface area (Å²) in [5.74, 6) is 0. The Morgan fingerprint density at radius 3 is 1.58 bits per heavy atom. The van der Waals surface area contributed by atoms with E-state index in [0.717, 1.165) is 6.42 Å². The summed E-state index contributed by atoms with van der Waals surface area (Å²) in [5.41, 5.74) is -0.725. The van der Waals surface area contributed by atoms with Gasteiger partial charge in [0.15, 0.2) is 0 Å². The molecule has 0 bridgehead atoms. The summed E-state index contributed by atoms with van der Waals surface area (Å²) in [7, 11) is -1.04. The summed E-state index contributed by atoms with van der Waals surface area (Å²) in [6.45, 7) is 16.6. The van der Waals surface area contributed by atoms with E-state index < -0.39 is 41.9 Å². The van der Waals surface area contributed by atoms with Crippen LogP contribution >= 0.6 is 0 Å². The highest BCUT2D eigenvalue weighted by Gasteiger charge is 2.68. The van der Waals surface area contributed by atoms with Crippen LogP contribution in [0.1, 0.15) is 80.2 Å². The maximum absolute atomic E-state index is 9.24. The van der Waals surface area contributed by atoms with Crippen LogP contribution < -0.4 is 0 Å². The molecule has 0 N–H and O–H groups in total. The zero-order valence-corrected chi connectivity index (χ0v) is 20.5. The summed E-state index contributed by atoms with van der Waals surface area (Å²) < 4.78 is 26.5. The van der Waals surface area contributed by atoms with E-state index in [4.69, 9.17) is 18.6 Å². The molecule has 0 aromatic heterocycles. The lowest BCUT2D eigenvalue weighted by Gasteiger charge is -2.37. The number of hydrogen-bond donors (Lipinski definition) is 0. The average molecular weight is 425 g/mol. The van der Waals surface area contributed by atoms with Crippen molar-refractivity contribution in [3.63, 3.8) is 0 Å². The van der Waals surface area contributed by atoms with Crippen molar-refractivity contribution in [3.05, 3.63) is 35.9 Å². The van der Waals surface area contributed by atoms with Crippen LogP contribution in [-0.2, 0) is 25.0 Å². The first-order chi connectivity index (χ1) is 14.3. The maximum atomic E-state index is 9.24. The Morgan fingerprint density at radius 1 is 0.774 bits per heavy atom. The van der Waals surface area contributed by atoms with E-state index in [0.29, 0.717) is 19.3 Å². The van der Waals surface area contributed by atoms with Crippen molar-refractivity contribution in [2.24, 2.45) is 0 Å². The van der Waals surface area contributed by atoms with Crippen LogP contribution in [0.2, 0.25) is 5.21 Å². The van der Waals surface area contributed by atoms with Crippen molar-refractivity contribution in [1.29, 1.82) is 5.26 Å². The summed E-state index contributed by atoms with van der Waals surface area (Å²) in [6.07, 6.45) is 2.56. The minimum Gasteiger partial charge on any atom is -0.403 e. The van der Waals surface area contributed by atoms with Crippen molar-refractivity contribution in [2.45, 2.75) is 109 Å². The fourth-order valence-electron chi connectivity index (χ4n) is 4.23. The molecule has 3 rings (SSSR count). The van der Waals surface area contributed by atoms with Crippen molar-refractivity contribution in [2.75, 3.05) is 0 Å². The van der Waals surface area contributed by atoms with E-state index in [-0.39, 0.29) is 0 Å². The summed E-state index contributed by atoms with van der Waals surface area (Å²) in [4.78, 5) is 0. The maximum Gasteiger partial charge on any atom is 0.462 e. The van der Waals surface area contributed by atoms with Crippen molar-refractivity contribution >= 4 is 14.2 Å². The van der Waals surface area contributed by atoms with Gasteiger partial charge in [0.05, 0.1) is 28.5 Å². The average Bonchev–Trinajstić information content (AvgIpc) is 3.02. The molecule has 0 radical (unpaired) electrons. The van der Waals surface area contributed by atoms with Crippen LogP contribution in [0.25, 0.3) is 0 Å². The first-order valence-corrected chi connectivity index (χ1v) is 11.4. The second-order valence-corrected chi connectivity index (χ2v) is 11.1. The second-order valence-electron chi connectivity index (χ2n) is 11.1. The van der Waals surface area contributed by atoms with Gasteiger partial charge in [0.2, 0.25) is 0 Å². The van der Waals surface area contributed by atoms with Crippen LogP contribution in [-0.4, -0.2) is 36.6 Å². The highest BCUT2D eigenvalue weighted by Crippen LogP contribution is 2.55. The molecular weight excluding hydrogens is 388 g/mol. The number of unbranched alkanes of at least 4 members (excludes halogenated alkanes) is 1. The number of nitrogens with zero attached hydrogens (tertiary/aromatic N) is 1. The zero-order valence-electron chi connectivity index (χ0n) is 20.5. The Kier molecular flexibility index (Phi) is 6.46. The first kappa shape index (κ1) is 24.3. The van der Waals surface area contributed by atoms with Gasteiger partial charge in [-0.05, 0) is 80.2 Å². The third-order valence-corrected chi connectivity index (χ3v) is 7.75. The highest BCUT2D eigenvalue weighted by atomic mass is 16.7. The number of nitriles is 1. The van der Waals surface area contributed by atoms with E-state index in [1.807, 2.05) is 18.2 Å². The monoisotopic (exact) mass is 425 g/mol. The van der Waals surface area contributed by atoms with Crippen LogP contribution in [0.3, 0.4) is 0 Å². The Bertz CT molecular complexity index is 749. The van der Waals surface area contributed by atoms with Crippen molar-refractivity contribution in [1.82, 2.24) is 0 Å². The summed E-state index contributed by atoms with van der Waals surface area (Å²) in [5, 5.41) is 8.64. The minimum absolute atomic E-state index is 0.468. The Balaban J connectivity index is 2.09. The smallest absolute Gasteiger partial charge is 0.403 e. The summed E-state index contributed by atoms with van der Waals surface area (Å²) in [6, 6.07) is 12.6. The van der Waals surface area contributed by atoms with Gasteiger partial charge in [-0.1, -0.05) is 30.3 Å². The molecule has 2 saturated heterocycles. The van der Waals surface area contributed by atoms with Crippen molar-refractivity contribution in [3.8, 4) is 6.07 Å². The van der Waals surface area contributed by atoms with Gasteiger partial charge in [-0.2, -0.15) is 5.26 Å². The molecule has 1 aromatic carbocycles. The lowest BCUT2D eigenvalue weighted by molar-refractivity contribution is 0.00578. The van der Waals surface area contributed by atoms with E-state index in [9.17, 15) is 5.26 Å². The molecule has 1 aromatic rings. The standard InChI is InChI=1S/C24H37B2NO4/c1-20(2)21(3,4)29-25(28-20)24(16-12-13-17-27,18-19-14-10-9-11-15-19)26-30-22(5,6)23(7,8)31-26/h9-11,14-15H,12-13,16,18H2,1-8H3. The highest BCUT2D eigenvalue weighted by molar-refractivity contribution is 6.71. The third kappa shape index (κ3) is 4.46. The van der Waals surface area contributed by atoms with Crippen LogP contribution in [0.15, 0.2) is 30.3 Å². The van der Waals surface area contributed by atoms with Gasteiger partial charge in [-0.15, -0.1) is 0 Å². The molecule has 7 heteroatoms. The van der Waals surface area contributed by atoms with E-state index >= 15 is 0 Å². The number of benzene rings is 1. The van der Waals surface area contributed by atoms with Gasteiger partial charge in [-0.3, -0.25) is 0 Å². The predicted molar refractivity (Wildman–Crippen MR) is 124 cm³/mol. The van der Waals surface area contributed by atoms with E-state index in [1.165, 1.54) is 5.56 Å². The number of rotatable bonds is 7. The minimum atomic E-state index is -0.603. The Morgan fingerprint density at radius 2 is 1.19 bits per heavy atom. The molecule has 0 unspecified atom stereocenters. The fraction of sp³-hybridized carbons (Fsp3) is 0.708. The zero-order chi connectivity index (χ0) is 23.1. The molecule has 2 aliphatic heterocycles. The molecule has 0 amide bonds. The molecular formula is C24H37B2NO4. The largest absolute Gasteiger partial charge is 0.462 e. The molecule has 31 heavy (non-hydrogen) atoms. The quantitative estimate of drug-likeness (QED) is 0.433.